The first-order valence-electron chi connectivity index (χ1n) is 6.49. The van der Waals surface area contributed by atoms with E-state index < -0.39 is 43.0 Å². The molecule has 120 valence electrons. The molecule has 2 N–H and O–H groups in total. The molecule has 0 bridgehead atoms. The third-order valence-electron chi connectivity index (χ3n) is 3.73. The highest BCUT2D eigenvalue weighted by Gasteiger charge is 2.53. The summed E-state index contributed by atoms with van der Waals surface area (Å²) < 4.78 is 38.7. The Kier molecular flexibility index (Phi) is 4.04. The van der Waals surface area contributed by atoms with Crippen LogP contribution in [-0.2, 0) is 4.79 Å². The van der Waals surface area contributed by atoms with Crippen molar-refractivity contribution >= 4 is 11.9 Å². The monoisotopic (exact) mass is 317 g/mol. The fraction of sp³-hybridized carbons (Fsp3) is 0.429. The van der Waals surface area contributed by atoms with Crippen molar-refractivity contribution in [2.24, 2.45) is 11.8 Å². The van der Waals surface area contributed by atoms with Crippen LogP contribution in [0.25, 0.3) is 0 Å². The summed E-state index contributed by atoms with van der Waals surface area (Å²) in [6, 6.07) is 4.18. The van der Waals surface area contributed by atoms with Gasteiger partial charge >= 0.3 is 12.1 Å². The lowest BCUT2D eigenvalue weighted by Crippen LogP contribution is -2.34. The molecule has 2 rings (SSSR count). The van der Waals surface area contributed by atoms with Crippen LogP contribution in [0.15, 0.2) is 18.2 Å². The lowest BCUT2D eigenvalue weighted by molar-refractivity contribution is -0.187. The van der Waals surface area contributed by atoms with Gasteiger partial charge in [0.05, 0.1) is 17.4 Å². The number of nitrogens with zero attached hydrogens (tertiary/aromatic N) is 1. The highest BCUT2D eigenvalue weighted by atomic mass is 19.4. The topological polar surface area (TPSA) is 77.8 Å². The molecule has 0 radical (unpaired) electrons. The lowest BCUT2D eigenvalue weighted by Gasteiger charge is -2.18. The van der Waals surface area contributed by atoms with Crippen molar-refractivity contribution in [1.82, 2.24) is 4.90 Å². The number of alkyl halides is 3. The van der Waals surface area contributed by atoms with E-state index in [1.165, 1.54) is 12.1 Å². The van der Waals surface area contributed by atoms with E-state index in [4.69, 9.17) is 5.11 Å². The maximum Gasteiger partial charge on any atom is 0.394 e. The molecule has 5 nitrogen and oxygen atoms in total. The molecule has 1 aromatic carbocycles. The number of carboxylic acids is 1. The van der Waals surface area contributed by atoms with E-state index in [9.17, 15) is 27.9 Å². The molecular weight excluding hydrogens is 303 g/mol. The van der Waals surface area contributed by atoms with Crippen molar-refractivity contribution in [3.8, 4) is 5.75 Å². The summed E-state index contributed by atoms with van der Waals surface area (Å²) in [6.07, 6.45) is -4.70. The number of halogens is 3. The molecule has 1 heterocycles. The van der Waals surface area contributed by atoms with Gasteiger partial charge in [0.1, 0.15) is 5.75 Å². The number of aryl methyl sites for hydroxylation is 1. The van der Waals surface area contributed by atoms with Crippen LogP contribution < -0.4 is 0 Å². The number of likely N-dealkylation sites (tertiary alicyclic amines) is 1. The molecule has 1 aliphatic rings. The minimum Gasteiger partial charge on any atom is -0.507 e. The van der Waals surface area contributed by atoms with E-state index in [1.54, 1.807) is 13.0 Å². The maximum absolute atomic E-state index is 12.9. The molecule has 0 aromatic heterocycles. The normalized spacial score (nSPS) is 21.9. The van der Waals surface area contributed by atoms with Crippen LogP contribution in [0.5, 0.6) is 5.75 Å². The maximum atomic E-state index is 12.9. The Balaban J connectivity index is 2.29. The zero-order valence-corrected chi connectivity index (χ0v) is 11.6. The molecular formula is C14H14F3NO4. The van der Waals surface area contributed by atoms with E-state index in [0.29, 0.717) is 5.56 Å². The van der Waals surface area contributed by atoms with Crippen molar-refractivity contribution in [1.29, 1.82) is 0 Å². The van der Waals surface area contributed by atoms with Gasteiger partial charge in [-0.2, -0.15) is 13.2 Å². The number of hydrogen-bond acceptors (Lipinski definition) is 3. The molecule has 0 aliphatic carbocycles. The molecule has 0 unspecified atom stereocenters. The van der Waals surface area contributed by atoms with Crippen LogP contribution in [0.2, 0.25) is 0 Å². The predicted molar refractivity (Wildman–Crippen MR) is 69.4 cm³/mol. The zero-order chi connectivity index (χ0) is 16.7. The molecule has 1 amide bonds. The van der Waals surface area contributed by atoms with Gasteiger partial charge in [0.2, 0.25) is 0 Å². The van der Waals surface area contributed by atoms with Gasteiger partial charge in [0.25, 0.3) is 5.91 Å². The average Bonchev–Trinajstić information content (AvgIpc) is 2.86. The number of phenols is 1. The average molecular weight is 317 g/mol. The summed E-state index contributed by atoms with van der Waals surface area (Å²) in [5, 5.41) is 18.6. The van der Waals surface area contributed by atoms with Gasteiger partial charge in [-0.05, 0) is 19.1 Å². The SMILES string of the molecule is Cc1ccc(O)c(C(=O)N2C[C@@H](C(F)(F)F)[C@H](C(=O)O)C2)c1. The Morgan fingerprint density at radius 2 is 1.91 bits per heavy atom. The summed E-state index contributed by atoms with van der Waals surface area (Å²) in [4.78, 5) is 24.1. The number of aliphatic carboxylic acids is 1. The van der Waals surface area contributed by atoms with Crippen LogP contribution in [-0.4, -0.2) is 46.3 Å². The first-order valence-corrected chi connectivity index (χ1v) is 6.49. The van der Waals surface area contributed by atoms with E-state index in [1.807, 2.05) is 0 Å². The largest absolute Gasteiger partial charge is 0.507 e. The van der Waals surface area contributed by atoms with Crippen LogP contribution in [0.4, 0.5) is 13.2 Å². The molecule has 1 fully saturated rings. The number of rotatable bonds is 2. The third kappa shape index (κ3) is 3.00. The molecule has 1 aliphatic heterocycles. The fourth-order valence-corrected chi connectivity index (χ4v) is 2.54. The number of aromatic hydroxyl groups is 1. The molecule has 1 aromatic rings. The number of hydrogen-bond donors (Lipinski definition) is 2. The predicted octanol–water partition coefficient (Wildman–Crippen LogP) is 2.04. The van der Waals surface area contributed by atoms with Gasteiger partial charge in [0, 0.05) is 13.1 Å². The van der Waals surface area contributed by atoms with E-state index in [-0.39, 0.29) is 11.3 Å². The Bertz CT molecular complexity index is 615. The van der Waals surface area contributed by atoms with Crippen molar-refractivity contribution in [2.45, 2.75) is 13.1 Å². The first-order chi connectivity index (χ1) is 10.1. The molecule has 2 atom stereocenters. The Morgan fingerprint density at radius 1 is 1.27 bits per heavy atom. The van der Waals surface area contributed by atoms with Crippen LogP contribution >= 0.6 is 0 Å². The Labute approximate surface area is 124 Å². The number of benzene rings is 1. The second-order valence-corrected chi connectivity index (χ2v) is 5.32. The number of carboxylic acid groups (broad SMARTS) is 1. The summed E-state index contributed by atoms with van der Waals surface area (Å²) in [7, 11) is 0. The zero-order valence-electron chi connectivity index (χ0n) is 11.6. The highest BCUT2D eigenvalue weighted by Crippen LogP contribution is 2.38. The Hall–Kier alpha value is -2.25. The Morgan fingerprint density at radius 3 is 2.41 bits per heavy atom. The lowest BCUT2D eigenvalue weighted by atomic mass is 9.96. The van der Waals surface area contributed by atoms with Gasteiger partial charge in [-0.25, -0.2) is 0 Å². The number of phenolic OH excluding ortho intramolecular Hbond substituents is 1. The fourth-order valence-electron chi connectivity index (χ4n) is 2.54. The highest BCUT2D eigenvalue weighted by molar-refractivity contribution is 5.97. The van der Waals surface area contributed by atoms with Crippen molar-refractivity contribution < 1.29 is 33.0 Å². The van der Waals surface area contributed by atoms with Crippen molar-refractivity contribution in [3.05, 3.63) is 29.3 Å². The number of carbonyl (C=O) groups excluding carboxylic acids is 1. The molecule has 0 spiro atoms. The second kappa shape index (κ2) is 5.51. The number of carbonyl (C=O) groups is 2. The molecule has 0 saturated carbocycles. The van der Waals surface area contributed by atoms with Gasteiger partial charge in [-0.15, -0.1) is 0 Å². The third-order valence-corrected chi connectivity index (χ3v) is 3.73. The van der Waals surface area contributed by atoms with Crippen LogP contribution in [0.1, 0.15) is 15.9 Å². The van der Waals surface area contributed by atoms with E-state index >= 15 is 0 Å². The minimum atomic E-state index is -4.70. The standard InChI is InChI=1S/C14H14F3NO4/c1-7-2-3-11(19)8(4-7)12(20)18-5-9(13(21)22)10(6-18)14(15,16)17/h2-4,9-10,19H,5-6H2,1H3,(H,21,22)/t9-,10-/m1/s1. The molecule has 22 heavy (non-hydrogen) atoms. The molecule has 1 saturated heterocycles. The van der Waals surface area contributed by atoms with Crippen LogP contribution in [0, 0.1) is 18.8 Å². The van der Waals surface area contributed by atoms with Crippen molar-refractivity contribution in [3.63, 3.8) is 0 Å². The first kappa shape index (κ1) is 16.1. The summed E-state index contributed by atoms with van der Waals surface area (Å²) in [6.45, 7) is 0.400. The number of amides is 1. The summed E-state index contributed by atoms with van der Waals surface area (Å²) in [5.74, 6) is -6.56. The molecule has 8 heteroatoms. The smallest absolute Gasteiger partial charge is 0.394 e. The van der Waals surface area contributed by atoms with Crippen LogP contribution in [0.3, 0.4) is 0 Å². The van der Waals surface area contributed by atoms with Gasteiger partial charge < -0.3 is 15.1 Å². The summed E-state index contributed by atoms with van der Waals surface area (Å²) >= 11 is 0. The summed E-state index contributed by atoms with van der Waals surface area (Å²) in [5.41, 5.74) is 0.523. The van der Waals surface area contributed by atoms with Gasteiger partial charge in [-0.3, -0.25) is 9.59 Å². The minimum absolute atomic E-state index is 0.132. The quantitative estimate of drug-likeness (QED) is 0.875. The van der Waals surface area contributed by atoms with Gasteiger partial charge in [0.15, 0.2) is 0 Å². The van der Waals surface area contributed by atoms with Crippen molar-refractivity contribution in [2.75, 3.05) is 13.1 Å². The van der Waals surface area contributed by atoms with E-state index in [0.717, 1.165) is 4.90 Å². The van der Waals surface area contributed by atoms with E-state index in [2.05, 4.69) is 0 Å². The van der Waals surface area contributed by atoms with Gasteiger partial charge in [-0.1, -0.05) is 11.6 Å². The second-order valence-electron chi connectivity index (χ2n) is 5.32.